The Hall–Kier alpha value is -2.49. The molecule has 1 rings (SSSR count). The van der Waals surface area contributed by atoms with Crippen LogP contribution in [0.4, 0.5) is 17.1 Å². The van der Waals surface area contributed by atoms with Gasteiger partial charge in [0.15, 0.2) is 5.11 Å². The third-order valence-corrected chi connectivity index (χ3v) is 2.76. The van der Waals surface area contributed by atoms with E-state index in [1.54, 1.807) is 0 Å². The fourth-order valence-electron chi connectivity index (χ4n) is 1.44. The molecule has 0 spiro atoms. The summed E-state index contributed by atoms with van der Waals surface area (Å²) in [5.74, 6) is 0. The minimum absolute atomic E-state index is 0.0882. The molecule has 0 bridgehead atoms. The van der Waals surface area contributed by atoms with E-state index < -0.39 is 15.5 Å². The van der Waals surface area contributed by atoms with Crippen molar-refractivity contribution in [2.24, 2.45) is 0 Å². The Bertz CT molecular complexity index is 551. The Morgan fingerprint density at radius 3 is 2.57 bits per heavy atom. The van der Waals surface area contributed by atoms with Crippen LogP contribution >= 0.6 is 12.2 Å². The van der Waals surface area contributed by atoms with E-state index in [-0.39, 0.29) is 16.5 Å². The minimum atomic E-state index is -0.704. The number of thiocarbonyl (C=S) groups is 1. The number of benzene rings is 1. The van der Waals surface area contributed by atoms with Crippen molar-refractivity contribution < 1.29 is 9.85 Å². The molecule has 0 heterocycles. The predicted molar refractivity (Wildman–Crippen MR) is 82.0 cm³/mol. The normalized spacial score (nSPS) is 9.76. The van der Waals surface area contributed by atoms with Crippen molar-refractivity contribution in [3.63, 3.8) is 0 Å². The first-order valence-electron chi connectivity index (χ1n) is 6.18. The van der Waals surface area contributed by atoms with Crippen LogP contribution in [-0.2, 0) is 0 Å². The van der Waals surface area contributed by atoms with Crippen molar-refractivity contribution in [3.05, 3.63) is 38.4 Å². The summed E-state index contributed by atoms with van der Waals surface area (Å²) in [6.07, 6.45) is 1.95. The molecule has 10 heteroatoms. The van der Waals surface area contributed by atoms with Crippen molar-refractivity contribution in [3.8, 4) is 0 Å². The van der Waals surface area contributed by atoms with E-state index in [1.165, 1.54) is 12.1 Å². The quantitative estimate of drug-likeness (QED) is 0.303. The highest BCUT2D eigenvalue weighted by atomic mass is 32.1. The number of nitrogens with one attached hydrogen (secondary N) is 3. The lowest BCUT2D eigenvalue weighted by atomic mass is 10.2. The first-order chi connectivity index (χ1) is 9.95. The number of rotatable bonds is 7. The number of non-ortho nitro benzene ring substituents is 1. The fraction of sp³-hybridized carbons (Fsp3) is 0.364. The van der Waals surface area contributed by atoms with Gasteiger partial charge in [0.05, 0.1) is 15.9 Å². The first-order valence-corrected chi connectivity index (χ1v) is 6.59. The number of nitro groups is 2. The standard InChI is InChI=1S/C11H15N5O4S/c1-2-3-6-12-11(21)14-13-9-5-4-8(15(17)18)7-10(9)16(19)20/h4-5,7,13H,2-3,6H2,1H3,(H2,12,14,21). The van der Waals surface area contributed by atoms with Gasteiger partial charge >= 0.3 is 5.69 Å². The Kier molecular flexibility index (Phi) is 6.27. The van der Waals surface area contributed by atoms with E-state index >= 15 is 0 Å². The third kappa shape index (κ3) is 5.18. The van der Waals surface area contributed by atoms with E-state index in [2.05, 4.69) is 16.2 Å². The van der Waals surface area contributed by atoms with E-state index in [0.29, 0.717) is 6.54 Å². The number of unbranched alkanes of at least 4 members (excludes halogenated alkanes) is 1. The fourth-order valence-corrected chi connectivity index (χ4v) is 1.59. The van der Waals surface area contributed by atoms with Crippen LogP contribution in [0.2, 0.25) is 0 Å². The van der Waals surface area contributed by atoms with E-state index in [4.69, 9.17) is 12.2 Å². The van der Waals surface area contributed by atoms with Crippen LogP contribution in [0.25, 0.3) is 0 Å². The molecule has 0 aliphatic rings. The molecule has 0 aliphatic heterocycles. The molecular weight excluding hydrogens is 298 g/mol. The molecule has 9 nitrogen and oxygen atoms in total. The number of hydrogen-bond acceptors (Lipinski definition) is 6. The van der Waals surface area contributed by atoms with Gasteiger partial charge in [-0.2, -0.15) is 0 Å². The van der Waals surface area contributed by atoms with Gasteiger partial charge in [-0.05, 0) is 24.7 Å². The van der Waals surface area contributed by atoms with Crippen molar-refractivity contribution >= 4 is 34.4 Å². The summed E-state index contributed by atoms with van der Waals surface area (Å²) < 4.78 is 0. The highest BCUT2D eigenvalue weighted by Gasteiger charge is 2.19. The zero-order valence-corrected chi connectivity index (χ0v) is 12.1. The lowest BCUT2D eigenvalue weighted by Gasteiger charge is -2.12. The molecule has 1 aromatic rings. The summed E-state index contributed by atoms with van der Waals surface area (Å²) in [5, 5.41) is 24.7. The summed E-state index contributed by atoms with van der Waals surface area (Å²) in [5.41, 5.74) is 4.50. The maximum absolute atomic E-state index is 10.9. The predicted octanol–water partition coefficient (Wildman–Crippen LogP) is 2.09. The number of hydrogen-bond donors (Lipinski definition) is 3. The van der Waals surface area contributed by atoms with Gasteiger partial charge in [-0.3, -0.25) is 31.1 Å². The van der Waals surface area contributed by atoms with Crippen LogP contribution in [0.1, 0.15) is 19.8 Å². The third-order valence-electron chi connectivity index (χ3n) is 2.52. The number of nitro benzene ring substituents is 2. The molecule has 0 radical (unpaired) electrons. The Balaban J connectivity index is 2.72. The maximum atomic E-state index is 10.9. The summed E-state index contributed by atoms with van der Waals surface area (Å²) in [7, 11) is 0. The average Bonchev–Trinajstić information content (AvgIpc) is 2.45. The van der Waals surface area contributed by atoms with Gasteiger partial charge in [-0.15, -0.1) is 0 Å². The minimum Gasteiger partial charge on any atom is -0.361 e. The first kappa shape index (κ1) is 16.6. The van der Waals surface area contributed by atoms with Gasteiger partial charge in [-0.25, -0.2) is 0 Å². The summed E-state index contributed by atoms with van der Waals surface area (Å²) in [6, 6.07) is 3.31. The van der Waals surface area contributed by atoms with Gasteiger partial charge < -0.3 is 5.32 Å². The van der Waals surface area contributed by atoms with Crippen LogP contribution in [0.5, 0.6) is 0 Å². The van der Waals surface area contributed by atoms with E-state index in [0.717, 1.165) is 18.9 Å². The van der Waals surface area contributed by atoms with Crippen LogP contribution < -0.4 is 16.2 Å². The van der Waals surface area contributed by atoms with Crippen LogP contribution in [0.3, 0.4) is 0 Å². The second kappa shape index (κ2) is 7.94. The molecular formula is C11H15N5O4S. The number of anilines is 1. The Morgan fingerprint density at radius 1 is 1.29 bits per heavy atom. The van der Waals surface area contributed by atoms with Gasteiger partial charge in [0, 0.05) is 12.6 Å². The molecule has 0 atom stereocenters. The molecule has 0 saturated carbocycles. The van der Waals surface area contributed by atoms with E-state index in [1.807, 2.05) is 6.92 Å². The van der Waals surface area contributed by atoms with Crippen molar-refractivity contribution in [1.29, 1.82) is 0 Å². The van der Waals surface area contributed by atoms with Crippen molar-refractivity contribution in [1.82, 2.24) is 10.7 Å². The summed E-state index contributed by atoms with van der Waals surface area (Å²) in [6.45, 7) is 2.73. The van der Waals surface area contributed by atoms with Crippen LogP contribution in [0.15, 0.2) is 18.2 Å². The van der Waals surface area contributed by atoms with E-state index in [9.17, 15) is 20.2 Å². The zero-order chi connectivity index (χ0) is 15.8. The summed E-state index contributed by atoms with van der Waals surface area (Å²) in [4.78, 5) is 20.1. The Morgan fingerprint density at radius 2 is 2.00 bits per heavy atom. The average molecular weight is 313 g/mol. The second-order valence-electron chi connectivity index (χ2n) is 4.08. The van der Waals surface area contributed by atoms with Crippen molar-refractivity contribution in [2.45, 2.75) is 19.8 Å². The van der Waals surface area contributed by atoms with Gasteiger partial charge in [0.25, 0.3) is 5.69 Å². The monoisotopic (exact) mass is 313 g/mol. The smallest absolute Gasteiger partial charge is 0.300 e. The number of hydrazine groups is 1. The topological polar surface area (TPSA) is 122 Å². The molecule has 1 aromatic carbocycles. The second-order valence-corrected chi connectivity index (χ2v) is 4.48. The van der Waals surface area contributed by atoms with Gasteiger partial charge in [0.2, 0.25) is 0 Å². The largest absolute Gasteiger partial charge is 0.361 e. The molecule has 0 aliphatic carbocycles. The molecule has 114 valence electrons. The maximum Gasteiger partial charge on any atom is 0.300 e. The molecule has 0 fully saturated rings. The molecule has 0 amide bonds. The lowest BCUT2D eigenvalue weighted by Crippen LogP contribution is -2.39. The molecule has 0 aromatic heterocycles. The van der Waals surface area contributed by atoms with Gasteiger partial charge in [-0.1, -0.05) is 13.3 Å². The van der Waals surface area contributed by atoms with Crippen LogP contribution in [-0.4, -0.2) is 21.5 Å². The van der Waals surface area contributed by atoms with Crippen LogP contribution in [0, 0.1) is 20.2 Å². The lowest BCUT2D eigenvalue weighted by molar-refractivity contribution is -0.393. The Labute approximate surface area is 126 Å². The SMILES string of the molecule is CCCCNC(=S)NNc1ccc([N+](=O)[O-])cc1[N+](=O)[O-]. The highest BCUT2D eigenvalue weighted by Crippen LogP contribution is 2.28. The van der Waals surface area contributed by atoms with Gasteiger partial charge in [0.1, 0.15) is 5.69 Å². The summed E-state index contributed by atoms with van der Waals surface area (Å²) >= 11 is 4.98. The molecule has 0 saturated heterocycles. The molecule has 21 heavy (non-hydrogen) atoms. The van der Waals surface area contributed by atoms with Crippen molar-refractivity contribution in [2.75, 3.05) is 12.0 Å². The molecule has 0 unspecified atom stereocenters. The highest BCUT2D eigenvalue weighted by molar-refractivity contribution is 7.80. The molecule has 3 N–H and O–H groups in total. The number of nitrogens with zero attached hydrogens (tertiary/aromatic N) is 2. The zero-order valence-electron chi connectivity index (χ0n) is 11.3.